The summed E-state index contributed by atoms with van der Waals surface area (Å²) in [4.78, 5) is 10.7. The van der Waals surface area contributed by atoms with Crippen LogP contribution in [-0.2, 0) is 10.1 Å². The minimum absolute atomic E-state index is 0.427. The molecule has 2 atom stereocenters. The molecule has 0 N–H and O–H groups in total. The van der Waals surface area contributed by atoms with Gasteiger partial charge in [0.25, 0.3) is 0 Å². The summed E-state index contributed by atoms with van der Waals surface area (Å²) in [6, 6.07) is 6.93. The highest BCUT2D eigenvalue weighted by Crippen LogP contribution is 2.30. The van der Waals surface area contributed by atoms with Gasteiger partial charge in [0.05, 0.1) is 12.7 Å². The van der Waals surface area contributed by atoms with E-state index in [1.807, 2.05) is 6.07 Å². The van der Waals surface area contributed by atoms with E-state index in [9.17, 15) is 4.79 Å². The van der Waals surface area contributed by atoms with Crippen molar-refractivity contribution in [3.05, 3.63) is 29.3 Å². The molecule has 16 heavy (non-hydrogen) atoms. The van der Waals surface area contributed by atoms with Gasteiger partial charge in [-0.25, -0.2) is 0 Å². The first-order chi connectivity index (χ1) is 7.61. The zero-order chi connectivity index (χ0) is 12.2. The highest BCUT2D eigenvalue weighted by atomic mass is 31.0. The molecule has 0 bridgehead atoms. The summed E-state index contributed by atoms with van der Waals surface area (Å²) in [5, 5.41) is 9.03. The first-order valence-corrected chi connectivity index (χ1v) is 5.01. The third-order valence-electron chi connectivity index (χ3n) is 2.36. The molecule has 0 aliphatic heterocycles. The Morgan fingerprint density at radius 3 is 2.69 bits per heavy atom. The third kappa shape index (κ3) is 2.21. The molecule has 0 aliphatic rings. The van der Waals surface area contributed by atoms with Crippen LogP contribution in [0.25, 0.3) is 0 Å². The maximum atomic E-state index is 10.7. The zero-order valence-electron chi connectivity index (χ0n) is 9.06. The number of carbonyl (C=O) groups is 1. The smallest absolute Gasteiger partial charge is 0.180 e. The number of hydrogen-bond donors (Lipinski definition) is 0. The van der Waals surface area contributed by atoms with Gasteiger partial charge in [-0.15, -0.1) is 0 Å². The Bertz CT molecular complexity index is 441. The number of ether oxygens (including phenoxy) is 1. The van der Waals surface area contributed by atoms with E-state index in [0.717, 1.165) is 0 Å². The maximum absolute atomic E-state index is 10.7. The Morgan fingerprint density at radius 1 is 1.56 bits per heavy atom. The molecule has 0 heterocycles. The second-order valence-corrected chi connectivity index (χ2v) is 3.57. The number of benzene rings is 1. The average molecular weight is 237 g/mol. The number of rotatable bonds is 4. The van der Waals surface area contributed by atoms with Crippen LogP contribution in [0.4, 0.5) is 0 Å². The van der Waals surface area contributed by atoms with Gasteiger partial charge in [-0.05, 0) is 19.1 Å². The van der Waals surface area contributed by atoms with Crippen LogP contribution < -0.4 is 4.74 Å². The van der Waals surface area contributed by atoms with Crippen molar-refractivity contribution < 1.29 is 14.1 Å². The highest BCUT2D eigenvalue weighted by molar-refractivity contribution is 7.09. The van der Waals surface area contributed by atoms with Crippen LogP contribution in [0.5, 0.6) is 5.75 Å². The van der Waals surface area contributed by atoms with E-state index in [1.165, 1.54) is 7.11 Å². The molecule has 0 saturated heterocycles. The van der Waals surface area contributed by atoms with E-state index < -0.39 is 5.60 Å². The van der Waals surface area contributed by atoms with Crippen molar-refractivity contribution in [1.82, 2.24) is 0 Å². The van der Waals surface area contributed by atoms with Crippen molar-refractivity contribution in [1.29, 1.82) is 5.26 Å². The predicted octanol–water partition coefficient (Wildman–Crippen LogP) is 2.05. The van der Waals surface area contributed by atoms with Gasteiger partial charge < -0.3 is 9.26 Å². The molecule has 0 saturated carbocycles. The highest BCUT2D eigenvalue weighted by Gasteiger charge is 2.26. The van der Waals surface area contributed by atoms with Crippen molar-refractivity contribution in [3.8, 4) is 11.8 Å². The van der Waals surface area contributed by atoms with E-state index in [-0.39, 0.29) is 0 Å². The van der Waals surface area contributed by atoms with E-state index in [2.05, 4.69) is 9.47 Å². The van der Waals surface area contributed by atoms with Crippen molar-refractivity contribution >= 4 is 15.8 Å². The molecule has 0 aliphatic carbocycles. The summed E-state index contributed by atoms with van der Waals surface area (Å²) in [5.74, 6) is 0.427. The van der Waals surface area contributed by atoms with Crippen molar-refractivity contribution in [3.63, 3.8) is 0 Å². The van der Waals surface area contributed by atoms with E-state index >= 15 is 0 Å². The van der Waals surface area contributed by atoms with Crippen LogP contribution in [0.1, 0.15) is 22.8 Å². The van der Waals surface area contributed by atoms with Gasteiger partial charge in [0.2, 0.25) is 0 Å². The molecule has 0 spiro atoms. The summed E-state index contributed by atoms with van der Waals surface area (Å²) in [6.45, 7) is 1.63. The van der Waals surface area contributed by atoms with E-state index in [0.29, 0.717) is 23.2 Å². The summed E-state index contributed by atoms with van der Waals surface area (Å²) >= 11 is 0. The fourth-order valence-electron chi connectivity index (χ4n) is 1.26. The lowest BCUT2D eigenvalue weighted by molar-refractivity contribution is 0.112. The predicted molar refractivity (Wildman–Crippen MR) is 62.1 cm³/mol. The summed E-state index contributed by atoms with van der Waals surface area (Å²) in [7, 11) is 3.53. The molecule has 2 unspecified atom stereocenters. The van der Waals surface area contributed by atoms with Crippen molar-refractivity contribution in [2.45, 2.75) is 12.5 Å². The molecule has 1 aromatic carbocycles. The van der Waals surface area contributed by atoms with E-state index in [4.69, 9.17) is 14.5 Å². The molecular formula is C11H12NO3P. The van der Waals surface area contributed by atoms with Crippen LogP contribution in [-0.4, -0.2) is 13.4 Å². The van der Waals surface area contributed by atoms with Gasteiger partial charge in [0.15, 0.2) is 11.9 Å². The van der Waals surface area contributed by atoms with Crippen LogP contribution >= 0.6 is 9.47 Å². The number of aldehydes is 1. The van der Waals surface area contributed by atoms with Crippen molar-refractivity contribution in [2.75, 3.05) is 7.11 Å². The van der Waals surface area contributed by atoms with Gasteiger partial charge in [-0.1, -0.05) is 6.07 Å². The van der Waals surface area contributed by atoms with Gasteiger partial charge in [-0.2, -0.15) is 5.26 Å². The molecule has 0 radical (unpaired) electrons. The van der Waals surface area contributed by atoms with Crippen LogP contribution in [0, 0.1) is 11.3 Å². The lowest BCUT2D eigenvalue weighted by atomic mass is 9.96. The molecule has 1 rings (SSSR count). The lowest BCUT2D eigenvalue weighted by Crippen LogP contribution is -2.19. The molecule has 4 nitrogen and oxygen atoms in total. The van der Waals surface area contributed by atoms with Crippen LogP contribution in [0.2, 0.25) is 0 Å². The number of nitriles is 1. The number of hydrogen-bond acceptors (Lipinski definition) is 4. The fraction of sp³-hybridized carbons (Fsp3) is 0.273. The topological polar surface area (TPSA) is 59.3 Å². The van der Waals surface area contributed by atoms with E-state index in [1.54, 1.807) is 25.1 Å². The molecular weight excluding hydrogens is 225 g/mol. The third-order valence-corrected chi connectivity index (χ3v) is 2.83. The number of methoxy groups -OCH3 is 1. The summed E-state index contributed by atoms with van der Waals surface area (Å²) < 4.78 is 10.1. The fourth-order valence-corrected chi connectivity index (χ4v) is 1.45. The normalized spacial score (nSPS) is 13.6. The first kappa shape index (κ1) is 12.6. The Kier molecular flexibility index (Phi) is 4.00. The van der Waals surface area contributed by atoms with Crippen molar-refractivity contribution in [2.24, 2.45) is 0 Å². The summed E-state index contributed by atoms with van der Waals surface area (Å²) in [5.41, 5.74) is 0.00191. The lowest BCUT2D eigenvalue weighted by Gasteiger charge is -2.20. The van der Waals surface area contributed by atoms with Gasteiger partial charge >= 0.3 is 0 Å². The summed E-state index contributed by atoms with van der Waals surface area (Å²) in [6.07, 6.45) is 0.702. The van der Waals surface area contributed by atoms with Gasteiger partial charge in [0.1, 0.15) is 11.8 Å². The Morgan fingerprint density at radius 2 is 2.25 bits per heavy atom. The molecule has 0 aromatic heterocycles. The molecule has 0 fully saturated rings. The largest absolute Gasteiger partial charge is 0.496 e. The Balaban J connectivity index is 3.28. The first-order valence-electron chi connectivity index (χ1n) is 4.54. The monoisotopic (exact) mass is 237 g/mol. The maximum Gasteiger partial charge on any atom is 0.180 e. The molecule has 0 amide bonds. The van der Waals surface area contributed by atoms with Gasteiger partial charge in [-0.3, -0.25) is 4.79 Å². The zero-order valence-corrected chi connectivity index (χ0v) is 10.2. The Labute approximate surface area is 96.5 Å². The molecule has 84 valence electrons. The molecule has 5 heteroatoms. The quantitative estimate of drug-likeness (QED) is 0.594. The number of carbonyl (C=O) groups excluding carboxylic acids is 1. The minimum atomic E-state index is -1.07. The number of nitrogens with zero attached hydrogens (tertiary/aromatic N) is 1. The second-order valence-electron chi connectivity index (χ2n) is 3.34. The second kappa shape index (κ2) is 5.07. The van der Waals surface area contributed by atoms with Crippen LogP contribution in [0.15, 0.2) is 18.2 Å². The average Bonchev–Trinajstić information content (AvgIpc) is 2.36. The molecule has 1 aromatic rings. The van der Waals surface area contributed by atoms with Crippen LogP contribution in [0.3, 0.4) is 0 Å². The minimum Gasteiger partial charge on any atom is -0.496 e. The van der Waals surface area contributed by atoms with Gasteiger partial charge in [0, 0.05) is 15.0 Å². The Hall–Kier alpha value is -1.43. The SMILES string of the molecule is COc1cc(C(C)(C#N)OP)ccc1C=O. The standard InChI is InChI=1S/C11H12NO3P/c1-11(7-12,15-16)9-4-3-8(6-13)10(5-9)14-2/h3-6H,16H2,1-2H3.